The lowest BCUT2D eigenvalue weighted by Gasteiger charge is -2.19. The van der Waals surface area contributed by atoms with Crippen LogP contribution in [0.1, 0.15) is 17.8 Å². The zero-order chi connectivity index (χ0) is 40.3. The van der Waals surface area contributed by atoms with Crippen molar-refractivity contribution in [1.82, 2.24) is 15.0 Å². The number of rotatable bonds is 4. The summed E-state index contributed by atoms with van der Waals surface area (Å²) in [5.41, 5.74) is 1.04. The van der Waals surface area contributed by atoms with Crippen LogP contribution >= 0.6 is 0 Å². The Balaban J connectivity index is 1.45. The van der Waals surface area contributed by atoms with Gasteiger partial charge in [-0.05, 0) is 49.5 Å². The maximum Gasteiger partial charge on any atom is 0.164 e. The van der Waals surface area contributed by atoms with E-state index in [9.17, 15) is 0 Å². The quantitative estimate of drug-likeness (QED) is 0.196. The number of fused-ring (bicyclic) bond motifs is 4. The molecule has 0 N–H and O–H groups in total. The third-order valence-corrected chi connectivity index (χ3v) is 11.4. The van der Waals surface area contributed by atoms with E-state index in [2.05, 4.69) is 42.3 Å². The van der Waals surface area contributed by atoms with Gasteiger partial charge in [-0.2, -0.15) is 0 Å². The van der Waals surface area contributed by atoms with E-state index in [1.807, 2.05) is 24.3 Å². The number of aromatic nitrogens is 3. The molecule has 3 nitrogen and oxygen atoms in total. The van der Waals surface area contributed by atoms with E-state index in [0.717, 1.165) is 33.2 Å². The van der Waals surface area contributed by atoms with E-state index in [4.69, 9.17) is 27.8 Å². The Morgan fingerprint density at radius 3 is 1.84 bits per heavy atom. The minimum absolute atomic E-state index is 0.0117. The Labute approximate surface area is 270 Å². The van der Waals surface area contributed by atoms with Crippen molar-refractivity contribution in [3.8, 4) is 56.4 Å². The zero-order valence-corrected chi connectivity index (χ0v) is 24.1. The lowest BCUT2D eigenvalue weighted by atomic mass is 9.96. The number of hydrogen-bond acceptors (Lipinski definition) is 3. The highest BCUT2D eigenvalue weighted by atomic mass is 28.3. The molecule has 204 valence electrons. The molecule has 0 atom stereocenters. The van der Waals surface area contributed by atoms with Crippen molar-refractivity contribution in [2.75, 3.05) is 0 Å². The molecule has 0 bridgehead atoms. The molecule has 0 fully saturated rings. The van der Waals surface area contributed by atoms with Crippen LogP contribution in [0.5, 0.6) is 0 Å². The summed E-state index contributed by atoms with van der Waals surface area (Å²) in [6.45, 7) is 4.48. The van der Waals surface area contributed by atoms with Gasteiger partial charge in [0.15, 0.2) is 17.5 Å². The maximum atomic E-state index is 9.12. The summed E-state index contributed by atoms with van der Waals surface area (Å²) in [4.78, 5) is 14.0. The lowest BCUT2D eigenvalue weighted by Crippen LogP contribution is -2.49. The molecule has 43 heavy (non-hydrogen) atoms. The highest BCUT2D eigenvalue weighted by molar-refractivity contribution is 7.04. The average molecular weight is 581 g/mol. The van der Waals surface area contributed by atoms with E-state index in [-0.39, 0.29) is 39.7 Å². The second-order valence-electron chi connectivity index (χ2n) is 10.7. The molecular formula is C39H29N3Si. The second-order valence-corrected chi connectivity index (χ2v) is 15.1. The Morgan fingerprint density at radius 1 is 0.488 bits per heavy atom. The van der Waals surface area contributed by atoms with Crippen LogP contribution in [0.3, 0.4) is 0 Å². The van der Waals surface area contributed by atoms with Gasteiger partial charge in [-0.1, -0.05) is 146 Å². The smallest absolute Gasteiger partial charge is 0.164 e. The van der Waals surface area contributed by atoms with Gasteiger partial charge in [0.2, 0.25) is 0 Å². The SMILES string of the molecule is [2H]c1cc(-c2c([2H])c([2H])c(-c3nc(-c4cccc5c4-c4cc6ccccc6cc4[Si]5(C)C)nc(-c4c([2H])c([2H])c([2H])c([2H])c4[2H])n3)c([2H])c2[2H])c([2H])c([2H])c1[2H]. The molecule has 0 spiro atoms. The van der Waals surface area contributed by atoms with Gasteiger partial charge in [-0.15, -0.1) is 0 Å². The van der Waals surface area contributed by atoms with E-state index in [1.54, 1.807) is 6.07 Å². The zero-order valence-electron chi connectivity index (χ0n) is 36.1. The summed E-state index contributed by atoms with van der Waals surface area (Å²) in [5, 5.41) is 4.38. The molecule has 1 aromatic heterocycles. The van der Waals surface area contributed by atoms with Gasteiger partial charge in [0.25, 0.3) is 0 Å². The molecule has 6 aromatic carbocycles. The summed E-state index contributed by atoms with van der Waals surface area (Å²) in [7, 11) is -2.31. The molecule has 0 saturated heterocycles. The van der Waals surface area contributed by atoms with Crippen LogP contribution in [0, 0.1) is 0 Å². The Hall–Kier alpha value is -5.19. The summed E-state index contributed by atoms with van der Waals surface area (Å²) in [5.74, 6) is -0.690. The summed E-state index contributed by atoms with van der Waals surface area (Å²) in [6.07, 6.45) is 0. The first kappa shape index (κ1) is 15.3. The molecule has 0 amide bonds. The third kappa shape index (κ3) is 4.30. The molecule has 1 aliphatic rings. The molecule has 0 saturated carbocycles. The highest BCUT2D eigenvalue weighted by Crippen LogP contribution is 2.38. The number of benzene rings is 6. The van der Waals surface area contributed by atoms with Gasteiger partial charge < -0.3 is 0 Å². The first-order valence-corrected chi connectivity index (χ1v) is 16.6. The van der Waals surface area contributed by atoms with Crippen LogP contribution in [0.2, 0.25) is 13.1 Å². The fraction of sp³-hybridized carbons (Fsp3) is 0.0513. The van der Waals surface area contributed by atoms with Gasteiger partial charge in [-0.3, -0.25) is 0 Å². The lowest BCUT2D eigenvalue weighted by molar-refractivity contribution is 1.07. The van der Waals surface area contributed by atoms with Crippen molar-refractivity contribution in [3.05, 3.63) is 139 Å². The minimum atomic E-state index is -2.31. The molecule has 4 heteroatoms. The number of nitrogens with zero attached hydrogens (tertiary/aromatic N) is 3. The molecule has 0 unspecified atom stereocenters. The van der Waals surface area contributed by atoms with Crippen LogP contribution in [-0.2, 0) is 0 Å². The van der Waals surface area contributed by atoms with Gasteiger partial charge in [0, 0.05) is 16.7 Å². The van der Waals surface area contributed by atoms with Crippen molar-refractivity contribution in [2.45, 2.75) is 13.1 Å². The molecule has 0 radical (unpaired) electrons. The van der Waals surface area contributed by atoms with Crippen LogP contribution in [0.25, 0.3) is 67.2 Å². The normalized spacial score (nSPS) is 17.3. The van der Waals surface area contributed by atoms with Crippen molar-refractivity contribution in [2.24, 2.45) is 0 Å². The van der Waals surface area contributed by atoms with Gasteiger partial charge >= 0.3 is 0 Å². The molecule has 2 heterocycles. The van der Waals surface area contributed by atoms with Crippen LogP contribution in [-0.4, -0.2) is 23.0 Å². The van der Waals surface area contributed by atoms with Gasteiger partial charge in [0.05, 0.1) is 17.8 Å². The standard InChI is InChI=1S/C39H29N3Si/c1-43(2)34-19-11-18-32(36(34)33-24-30-16-9-10-17-31(30)25-35(33)43)39-41-37(28-14-7-4-8-15-28)40-38(42-39)29-22-20-27(21-23-29)26-12-5-3-6-13-26/h3-25H,1-2H3/i3D,4D,5D,6D,7D,8D,12D,14D,15D,20D,21D,22D,23D. The van der Waals surface area contributed by atoms with Crippen molar-refractivity contribution in [1.29, 1.82) is 0 Å². The van der Waals surface area contributed by atoms with Crippen LogP contribution in [0.15, 0.2) is 139 Å². The van der Waals surface area contributed by atoms with Crippen LogP contribution in [0.4, 0.5) is 0 Å². The summed E-state index contributed by atoms with van der Waals surface area (Å²) in [6, 6.07) is 11.5. The predicted molar refractivity (Wildman–Crippen MR) is 181 cm³/mol. The Morgan fingerprint density at radius 2 is 1.09 bits per heavy atom. The monoisotopic (exact) mass is 580 g/mol. The summed E-state index contributed by atoms with van der Waals surface area (Å²) < 4.78 is 111. The Kier molecular flexibility index (Phi) is 3.55. The van der Waals surface area contributed by atoms with Crippen molar-refractivity contribution >= 4 is 29.2 Å². The largest absolute Gasteiger partial charge is 0.208 e. The van der Waals surface area contributed by atoms with Crippen LogP contribution < -0.4 is 10.4 Å². The highest BCUT2D eigenvalue weighted by Gasteiger charge is 2.39. The maximum absolute atomic E-state index is 9.12. The van der Waals surface area contributed by atoms with Gasteiger partial charge in [-0.25, -0.2) is 15.0 Å². The van der Waals surface area contributed by atoms with E-state index < -0.39 is 86.6 Å². The molecular weight excluding hydrogens is 539 g/mol. The molecule has 0 aliphatic carbocycles. The summed E-state index contributed by atoms with van der Waals surface area (Å²) >= 11 is 0. The average Bonchev–Trinajstić information content (AvgIpc) is 3.41. The fourth-order valence-electron chi connectivity index (χ4n) is 5.71. The molecule has 7 aromatic rings. The van der Waals surface area contributed by atoms with Gasteiger partial charge in [0.1, 0.15) is 8.07 Å². The topological polar surface area (TPSA) is 38.7 Å². The van der Waals surface area contributed by atoms with Crippen molar-refractivity contribution < 1.29 is 17.8 Å². The van der Waals surface area contributed by atoms with E-state index in [1.165, 1.54) is 5.19 Å². The molecule has 8 rings (SSSR count). The van der Waals surface area contributed by atoms with Crippen molar-refractivity contribution in [3.63, 3.8) is 0 Å². The number of hydrogen-bond donors (Lipinski definition) is 0. The predicted octanol–water partition coefficient (Wildman–Crippen LogP) is 8.50. The minimum Gasteiger partial charge on any atom is -0.208 e. The molecule has 1 aliphatic heterocycles. The van der Waals surface area contributed by atoms with E-state index >= 15 is 0 Å². The fourth-order valence-corrected chi connectivity index (χ4v) is 8.80. The first-order valence-electron chi connectivity index (χ1n) is 20.1. The van der Waals surface area contributed by atoms with E-state index in [0.29, 0.717) is 5.56 Å². The second kappa shape index (κ2) is 9.97. The third-order valence-electron chi connectivity index (χ3n) is 7.83. The first-order chi connectivity index (χ1) is 26.4. The Bertz CT molecular complexity index is 2840.